The molecule has 0 bridgehead atoms. The SMILES string of the molecule is Cc1c(C(=O)NC(C)CC(=O)O)sc2nc(C(F)(F)F)ccc12. The third-order valence-corrected chi connectivity index (χ3v) is 4.36. The van der Waals surface area contributed by atoms with E-state index >= 15 is 0 Å². The fraction of sp³-hybridized carbons (Fsp3) is 0.357. The highest BCUT2D eigenvalue weighted by Gasteiger charge is 2.33. The van der Waals surface area contributed by atoms with Crippen LogP contribution in [0.4, 0.5) is 13.2 Å². The predicted molar refractivity (Wildman–Crippen MR) is 78.5 cm³/mol. The number of aliphatic carboxylic acids is 1. The molecule has 0 fully saturated rings. The summed E-state index contributed by atoms with van der Waals surface area (Å²) < 4.78 is 38.0. The number of nitrogens with one attached hydrogen (secondary N) is 1. The summed E-state index contributed by atoms with van der Waals surface area (Å²) in [6.45, 7) is 3.15. The Bertz CT molecular complexity index is 770. The van der Waals surface area contributed by atoms with Crippen molar-refractivity contribution in [3.63, 3.8) is 0 Å². The maximum atomic E-state index is 12.7. The van der Waals surface area contributed by atoms with Gasteiger partial charge in [0.1, 0.15) is 10.5 Å². The van der Waals surface area contributed by atoms with E-state index in [1.165, 1.54) is 13.0 Å². The lowest BCUT2D eigenvalue weighted by atomic mass is 10.1. The van der Waals surface area contributed by atoms with Crippen molar-refractivity contribution in [3.8, 4) is 0 Å². The number of halogens is 3. The summed E-state index contributed by atoms with van der Waals surface area (Å²) in [5.74, 6) is -1.57. The van der Waals surface area contributed by atoms with Crippen molar-refractivity contribution >= 4 is 33.4 Å². The third kappa shape index (κ3) is 3.79. The smallest absolute Gasteiger partial charge is 0.433 e. The predicted octanol–water partition coefficient (Wildman–Crippen LogP) is 3.22. The van der Waals surface area contributed by atoms with Gasteiger partial charge in [-0.2, -0.15) is 13.2 Å². The number of aryl methyl sites for hydroxylation is 1. The van der Waals surface area contributed by atoms with Crippen LogP contribution in [0.5, 0.6) is 0 Å². The van der Waals surface area contributed by atoms with Crippen molar-refractivity contribution in [2.24, 2.45) is 0 Å². The highest BCUT2D eigenvalue weighted by atomic mass is 32.1. The molecule has 0 aliphatic rings. The zero-order chi connectivity index (χ0) is 17.4. The lowest BCUT2D eigenvalue weighted by Gasteiger charge is -2.10. The van der Waals surface area contributed by atoms with Crippen LogP contribution in [0.15, 0.2) is 12.1 Å². The number of hydrogen-bond donors (Lipinski definition) is 2. The van der Waals surface area contributed by atoms with Gasteiger partial charge in [-0.25, -0.2) is 4.98 Å². The van der Waals surface area contributed by atoms with Gasteiger partial charge in [-0.15, -0.1) is 11.3 Å². The zero-order valence-electron chi connectivity index (χ0n) is 12.2. The standard InChI is InChI=1S/C14H13F3N2O3S/c1-6(5-10(20)21)18-12(22)11-7(2)8-3-4-9(14(15,16)17)19-13(8)23-11/h3-4,6H,5H2,1-2H3,(H,18,22)(H,20,21). The number of amides is 1. The summed E-state index contributed by atoms with van der Waals surface area (Å²) in [5.41, 5.74) is -0.497. The number of pyridine rings is 1. The number of thiophene rings is 1. The van der Waals surface area contributed by atoms with E-state index in [0.29, 0.717) is 10.9 Å². The summed E-state index contributed by atoms with van der Waals surface area (Å²) in [4.78, 5) is 26.7. The van der Waals surface area contributed by atoms with Crippen molar-refractivity contribution in [1.29, 1.82) is 0 Å². The Morgan fingerprint density at radius 2 is 2.04 bits per heavy atom. The first-order valence-electron chi connectivity index (χ1n) is 6.59. The second-order valence-electron chi connectivity index (χ2n) is 5.08. The minimum absolute atomic E-state index is 0.119. The van der Waals surface area contributed by atoms with E-state index in [1.54, 1.807) is 6.92 Å². The molecular formula is C14H13F3N2O3S. The Morgan fingerprint density at radius 3 is 2.61 bits per heavy atom. The molecule has 0 saturated carbocycles. The molecule has 2 rings (SSSR count). The quantitative estimate of drug-likeness (QED) is 0.891. The van der Waals surface area contributed by atoms with Gasteiger partial charge >= 0.3 is 12.1 Å². The van der Waals surface area contributed by atoms with Gasteiger partial charge in [-0.1, -0.05) is 0 Å². The molecule has 1 amide bonds. The van der Waals surface area contributed by atoms with Crippen LogP contribution in [0.1, 0.15) is 34.3 Å². The summed E-state index contributed by atoms with van der Waals surface area (Å²) >= 11 is 0.853. The summed E-state index contributed by atoms with van der Waals surface area (Å²) in [6, 6.07) is 1.56. The molecule has 2 N–H and O–H groups in total. The normalized spacial score (nSPS) is 13.1. The van der Waals surface area contributed by atoms with Crippen LogP contribution in [0.2, 0.25) is 0 Å². The van der Waals surface area contributed by atoms with E-state index < -0.39 is 29.8 Å². The fourth-order valence-corrected chi connectivity index (χ4v) is 3.16. The number of rotatable bonds is 4. The second kappa shape index (κ2) is 6.15. The van der Waals surface area contributed by atoms with Gasteiger partial charge < -0.3 is 10.4 Å². The van der Waals surface area contributed by atoms with Crippen molar-refractivity contribution < 1.29 is 27.9 Å². The number of fused-ring (bicyclic) bond motifs is 1. The van der Waals surface area contributed by atoms with E-state index in [2.05, 4.69) is 10.3 Å². The number of carbonyl (C=O) groups excluding carboxylic acids is 1. The lowest BCUT2D eigenvalue weighted by molar-refractivity contribution is -0.141. The van der Waals surface area contributed by atoms with Crippen molar-refractivity contribution in [1.82, 2.24) is 10.3 Å². The molecule has 0 spiro atoms. The summed E-state index contributed by atoms with van der Waals surface area (Å²) in [6.07, 6.45) is -4.79. The van der Waals surface area contributed by atoms with Crippen molar-refractivity contribution in [3.05, 3.63) is 28.3 Å². The van der Waals surface area contributed by atoms with Crippen LogP contribution in [0.25, 0.3) is 10.2 Å². The Kier molecular flexibility index (Phi) is 4.60. The third-order valence-electron chi connectivity index (χ3n) is 3.16. The minimum atomic E-state index is -4.55. The number of aromatic nitrogens is 1. The van der Waals surface area contributed by atoms with Gasteiger partial charge in [0.25, 0.3) is 5.91 Å². The maximum absolute atomic E-state index is 12.7. The Hall–Kier alpha value is -2.16. The number of carboxylic acid groups (broad SMARTS) is 1. The van der Waals surface area contributed by atoms with Gasteiger partial charge in [0.15, 0.2) is 0 Å². The van der Waals surface area contributed by atoms with E-state index in [1.807, 2.05) is 0 Å². The second-order valence-corrected chi connectivity index (χ2v) is 6.07. The minimum Gasteiger partial charge on any atom is -0.481 e. The van der Waals surface area contributed by atoms with Crippen LogP contribution < -0.4 is 5.32 Å². The van der Waals surface area contributed by atoms with Crippen LogP contribution in [0.3, 0.4) is 0 Å². The fourth-order valence-electron chi connectivity index (χ4n) is 2.08. The van der Waals surface area contributed by atoms with Crippen molar-refractivity contribution in [2.45, 2.75) is 32.5 Å². The van der Waals surface area contributed by atoms with Gasteiger partial charge in [-0.3, -0.25) is 9.59 Å². The maximum Gasteiger partial charge on any atom is 0.433 e. The molecule has 23 heavy (non-hydrogen) atoms. The van der Waals surface area contributed by atoms with Crippen molar-refractivity contribution in [2.75, 3.05) is 0 Å². The number of hydrogen-bond acceptors (Lipinski definition) is 4. The number of carbonyl (C=O) groups is 2. The molecule has 2 aromatic heterocycles. The molecule has 9 heteroatoms. The van der Waals surface area contributed by atoms with E-state index in [4.69, 9.17) is 5.11 Å². The topological polar surface area (TPSA) is 79.3 Å². The molecule has 1 atom stereocenters. The molecule has 0 aliphatic carbocycles. The van der Waals surface area contributed by atoms with Gasteiger partial charge in [0.05, 0.1) is 11.3 Å². The molecule has 1 unspecified atom stereocenters. The van der Waals surface area contributed by atoms with Gasteiger partial charge in [0, 0.05) is 11.4 Å². The molecule has 0 radical (unpaired) electrons. The lowest BCUT2D eigenvalue weighted by Crippen LogP contribution is -2.34. The first-order valence-corrected chi connectivity index (χ1v) is 7.41. The van der Waals surface area contributed by atoms with Crippen LogP contribution in [-0.2, 0) is 11.0 Å². The Labute approximate surface area is 133 Å². The van der Waals surface area contributed by atoms with E-state index in [9.17, 15) is 22.8 Å². The number of nitrogens with zero attached hydrogens (tertiary/aromatic N) is 1. The average Bonchev–Trinajstić information content (AvgIpc) is 2.73. The van der Waals surface area contributed by atoms with Crippen LogP contribution in [0, 0.1) is 6.92 Å². The van der Waals surface area contributed by atoms with E-state index in [0.717, 1.165) is 17.4 Å². The first kappa shape index (κ1) is 17.2. The highest BCUT2D eigenvalue weighted by Crippen LogP contribution is 2.34. The molecule has 5 nitrogen and oxygen atoms in total. The zero-order valence-corrected chi connectivity index (χ0v) is 13.0. The molecular weight excluding hydrogens is 333 g/mol. The first-order chi connectivity index (χ1) is 10.6. The van der Waals surface area contributed by atoms with Crippen LogP contribution in [-0.4, -0.2) is 28.0 Å². The average molecular weight is 346 g/mol. The van der Waals surface area contributed by atoms with Crippen LogP contribution >= 0.6 is 11.3 Å². The Balaban J connectivity index is 2.33. The van der Waals surface area contributed by atoms with Gasteiger partial charge in [-0.05, 0) is 31.5 Å². The molecule has 2 heterocycles. The highest BCUT2D eigenvalue weighted by molar-refractivity contribution is 7.20. The monoisotopic (exact) mass is 346 g/mol. The molecule has 124 valence electrons. The Morgan fingerprint density at radius 1 is 1.39 bits per heavy atom. The summed E-state index contributed by atoms with van der Waals surface area (Å²) in [5, 5.41) is 11.7. The molecule has 0 aromatic carbocycles. The number of alkyl halides is 3. The largest absolute Gasteiger partial charge is 0.481 e. The van der Waals surface area contributed by atoms with E-state index in [-0.39, 0.29) is 16.1 Å². The number of carboxylic acids is 1. The molecule has 0 saturated heterocycles. The molecule has 2 aromatic rings. The summed E-state index contributed by atoms with van der Waals surface area (Å²) in [7, 11) is 0. The molecule has 0 aliphatic heterocycles. The van der Waals surface area contributed by atoms with Gasteiger partial charge in [0.2, 0.25) is 0 Å².